The van der Waals surface area contributed by atoms with Crippen molar-refractivity contribution in [2.75, 3.05) is 10.6 Å². The van der Waals surface area contributed by atoms with Crippen LogP contribution in [0.2, 0.25) is 0 Å². The lowest BCUT2D eigenvalue weighted by Gasteiger charge is -2.18. The first-order valence-electron chi connectivity index (χ1n) is 12.2. The maximum absolute atomic E-state index is 13.3. The third-order valence-corrected chi connectivity index (χ3v) is 7.36. The Bertz CT molecular complexity index is 1650. The molecule has 39 heavy (non-hydrogen) atoms. The third kappa shape index (κ3) is 6.00. The first-order valence-corrected chi connectivity index (χ1v) is 13.1. The summed E-state index contributed by atoms with van der Waals surface area (Å²) >= 11 is 1.37. The molecule has 2 amide bonds. The Labute approximate surface area is 229 Å². The van der Waals surface area contributed by atoms with Gasteiger partial charge in [-0.25, -0.2) is 4.79 Å². The number of anilines is 2. The normalized spacial score (nSPS) is 11.5. The number of hydrogen-bond donors (Lipinski definition) is 3. The van der Waals surface area contributed by atoms with Crippen LogP contribution in [0.5, 0.6) is 0 Å². The molecule has 5 aromatic rings. The number of amides is 2. The fraction of sp³-hybridized carbons (Fsp3) is 0.0312. The highest BCUT2D eigenvalue weighted by Crippen LogP contribution is 2.37. The lowest BCUT2D eigenvalue weighted by Crippen LogP contribution is -2.19. The number of rotatable bonds is 8. The topological polar surface area (TPSA) is 95.5 Å². The van der Waals surface area contributed by atoms with Crippen LogP contribution in [0, 0.1) is 0 Å². The molecule has 192 valence electrons. The van der Waals surface area contributed by atoms with Gasteiger partial charge in [0.15, 0.2) is 0 Å². The van der Waals surface area contributed by atoms with E-state index in [2.05, 4.69) is 10.6 Å². The van der Waals surface area contributed by atoms with E-state index in [9.17, 15) is 19.5 Å². The minimum absolute atomic E-state index is 0.0673. The van der Waals surface area contributed by atoms with E-state index < -0.39 is 17.1 Å². The third-order valence-electron chi connectivity index (χ3n) is 6.11. The second kappa shape index (κ2) is 11.7. The minimum Gasteiger partial charge on any atom is -0.478 e. The molecule has 1 unspecified atom stereocenters. The Morgan fingerprint density at radius 3 is 1.95 bits per heavy atom. The molecule has 3 N–H and O–H groups in total. The SMILES string of the molecule is O=C(O)c1cccc2cccc(C(=O)Nc3cccc(SC(C(=O)Nc4ccccc4)c4ccccc4)c3)c12. The predicted molar refractivity (Wildman–Crippen MR) is 155 cm³/mol. The highest BCUT2D eigenvalue weighted by Gasteiger charge is 2.23. The fourth-order valence-corrected chi connectivity index (χ4v) is 5.40. The summed E-state index contributed by atoms with van der Waals surface area (Å²) in [4.78, 5) is 39.2. The Balaban J connectivity index is 1.40. The fourth-order valence-electron chi connectivity index (χ4n) is 4.32. The second-order valence-electron chi connectivity index (χ2n) is 8.76. The quantitative estimate of drug-likeness (QED) is 0.183. The summed E-state index contributed by atoms with van der Waals surface area (Å²) in [6.07, 6.45) is 0. The van der Waals surface area contributed by atoms with Gasteiger partial charge in [-0.2, -0.15) is 0 Å². The molecule has 0 spiro atoms. The maximum Gasteiger partial charge on any atom is 0.336 e. The van der Waals surface area contributed by atoms with Gasteiger partial charge in [-0.3, -0.25) is 9.59 Å². The van der Waals surface area contributed by atoms with E-state index in [1.807, 2.05) is 66.7 Å². The molecule has 0 saturated carbocycles. The molecule has 7 heteroatoms. The van der Waals surface area contributed by atoms with Crippen LogP contribution in [-0.4, -0.2) is 22.9 Å². The van der Waals surface area contributed by atoms with Crippen molar-refractivity contribution in [3.8, 4) is 0 Å². The summed E-state index contributed by atoms with van der Waals surface area (Å²) < 4.78 is 0. The van der Waals surface area contributed by atoms with Crippen molar-refractivity contribution in [2.45, 2.75) is 10.1 Å². The summed E-state index contributed by atoms with van der Waals surface area (Å²) in [6.45, 7) is 0. The molecule has 5 rings (SSSR count). The number of carboxylic acid groups (broad SMARTS) is 1. The highest BCUT2D eigenvalue weighted by atomic mass is 32.2. The first kappa shape index (κ1) is 25.8. The van der Waals surface area contributed by atoms with Crippen LogP contribution in [0.1, 0.15) is 31.5 Å². The average Bonchev–Trinajstić information content (AvgIpc) is 2.96. The average molecular weight is 533 g/mol. The minimum atomic E-state index is -1.10. The molecule has 0 aliphatic heterocycles. The number of para-hydroxylation sites is 1. The van der Waals surface area contributed by atoms with Gasteiger partial charge in [-0.15, -0.1) is 11.8 Å². The smallest absolute Gasteiger partial charge is 0.336 e. The van der Waals surface area contributed by atoms with Crippen molar-refractivity contribution in [1.29, 1.82) is 0 Å². The zero-order valence-electron chi connectivity index (χ0n) is 20.7. The molecule has 1 atom stereocenters. The van der Waals surface area contributed by atoms with E-state index in [0.717, 1.165) is 10.5 Å². The number of carbonyl (C=O) groups is 3. The van der Waals surface area contributed by atoms with Gasteiger partial charge in [0, 0.05) is 27.2 Å². The van der Waals surface area contributed by atoms with E-state index >= 15 is 0 Å². The molecule has 0 heterocycles. The van der Waals surface area contributed by atoms with Crippen LogP contribution in [0.25, 0.3) is 10.8 Å². The van der Waals surface area contributed by atoms with Gasteiger partial charge < -0.3 is 15.7 Å². The number of nitrogens with one attached hydrogen (secondary N) is 2. The molecule has 0 aliphatic carbocycles. The van der Waals surface area contributed by atoms with Gasteiger partial charge in [-0.05, 0) is 53.4 Å². The number of aromatic carboxylic acids is 1. The Morgan fingerprint density at radius 1 is 0.641 bits per heavy atom. The molecule has 0 fully saturated rings. The van der Waals surface area contributed by atoms with E-state index in [0.29, 0.717) is 22.1 Å². The highest BCUT2D eigenvalue weighted by molar-refractivity contribution is 8.00. The van der Waals surface area contributed by atoms with Gasteiger partial charge in [-0.1, -0.05) is 78.9 Å². The molecular formula is C32H24N2O4S. The standard InChI is InChI=1S/C32H24N2O4S/c35-30(26-18-7-12-21-13-8-19-27(28(21)26)32(37)38)34-24-16-9-17-25(20-24)39-29(22-10-3-1-4-11-22)31(36)33-23-14-5-2-6-15-23/h1-20,29H,(H,33,36)(H,34,35)(H,37,38). The molecule has 5 aromatic carbocycles. The number of carbonyl (C=O) groups excluding carboxylic acids is 2. The molecule has 0 aromatic heterocycles. The lowest BCUT2D eigenvalue weighted by molar-refractivity contribution is -0.115. The largest absolute Gasteiger partial charge is 0.478 e. The Hall–Kier alpha value is -4.88. The van der Waals surface area contributed by atoms with E-state index in [1.54, 1.807) is 48.5 Å². The number of thioether (sulfide) groups is 1. The van der Waals surface area contributed by atoms with Crippen molar-refractivity contribution in [3.05, 3.63) is 138 Å². The zero-order chi connectivity index (χ0) is 27.2. The zero-order valence-corrected chi connectivity index (χ0v) is 21.5. The van der Waals surface area contributed by atoms with Gasteiger partial charge in [0.2, 0.25) is 5.91 Å². The van der Waals surface area contributed by atoms with Crippen molar-refractivity contribution < 1.29 is 19.5 Å². The molecule has 0 bridgehead atoms. The van der Waals surface area contributed by atoms with Crippen LogP contribution in [0.3, 0.4) is 0 Å². The van der Waals surface area contributed by atoms with E-state index in [-0.39, 0.29) is 17.0 Å². The van der Waals surface area contributed by atoms with Crippen LogP contribution in [-0.2, 0) is 4.79 Å². The number of hydrogen-bond acceptors (Lipinski definition) is 4. The monoisotopic (exact) mass is 532 g/mol. The maximum atomic E-state index is 13.3. The number of benzene rings is 5. The summed E-state index contributed by atoms with van der Waals surface area (Å²) in [5, 5.41) is 16.1. The van der Waals surface area contributed by atoms with Crippen molar-refractivity contribution in [3.63, 3.8) is 0 Å². The molecule has 6 nitrogen and oxygen atoms in total. The van der Waals surface area contributed by atoms with Gasteiger partial charge >= 0.3 is 5.97 Å². The Morgan fingerprint density at radius 2 is 1.26 bits per heavy atom. The first-order chi connectivity index (χ1) is 19.0. The number of fused-ring (bicyclic) bond motifs is 1. The molecular weight excluding hydrogens is 508 g/mol. The molecule has 0 radical (unpaired) electrons. The van der Waals surface area contributed by atoms with Gasteiger partial charge in [0.05, 0.1) is 5.56 Å². The summed E-state index contributed by atoms with van der Waals surface area (Å²) in [7, 11) is 0. The van der Waals surface area contributed by atoms with Gasteiger partial charge in [0.1, 0.15) is 5.25 Å². The summed E-state index contributed by atoms with van der Waals surface area (Å²) in [5.74, 6) is -1.68. The number of carboxylic acids is 1. The Kier molecular flexibility index (Phi) is 7.70. The van der Waals surface area contributed by atoms with E-state index in [1.165, 1.54) is 17.8 Å². The molecule has 0 saturated heterocycles. The van der Waals surface area contributed by atoms with E-state index in [4.69, 9.17) is 0 Å². The van der Waals surface area contributed by atoms with Crippen molar-refractivity contribution in [1.82, 2.24) is 0 Å². The van der Waals surface area contributed by atoms with Crippen molar-refractivity contribution >= 4 is 51.7 Å². The molecule has 0 aliphatic rings. The van der Waals surface area contributed by atoms with Gasteiger partial charge in [0.25, 0.3) is 5.91 Å². The van der Waals surface area contributed by atoms with Crippen LogP contribution in [0.4, 0.5) is 11.4 Å². The summed E-state index contributed by atoms with van der Waals surface area (Å²) in [5.41, 5.74) is 2.43. The van der Waals surface area contributed by atoms with Crippen LogP contribution < -0.4 is 10.6 Å². The van der Waals surface area contributed by atoms with Crippen LogP contribution in [0.15, 0.2) is 126 Å². The van der Waals surface area contributed by atoms with Crippen LogP contribution >= 0.6 is 11.8 Å². The summed E-state index contributed by atoms with van der Waals surface area (Å²) in [6, 6.07) is 36.1. The predicted octanol–water partition coefficient (Wildman–Crippen LogP) is 7.26. The second-order valence-corrected chi connectivity index (χ2v) is 9.94. The van der Waals surface area contributed by atoms with Crippen molar-refractivity contribution in [2.24, 2.45) is 0 Å². The lowest BCUT2D eigenvalue weighted by atomic mass is 9.98.